The molecule has 1 unspecified atom stereocenters. The number of fused-ring (bicyclic) bond motifs is 1. The molecule has 136 valence electrons. The van der Waals surface area contributed by atoms with Crippen molar-refractivity contribution in [2.75, 3.05) is 27.3 Å². The number of benzene rings is 2. The Morgan fingerprint density at radius 2 is 1.85 bits per heavy atom. The van der Waals surface area contributed by atoms with Crippen LogP contribution in [0.15, 0.2) is 42.5 Å². The number of methoxy groups -OCH3 is 2. The molecule has 1 aliphatic rings. The lowest BCUT2D eigenvalue weighted by Gasteiger charge is -2.26. The summed E-state index contributed by atoms with van der Waals surface area (Å²) in [6.07, 6.45) is 4.84. The molecule has 0 saturated heterocycles. The Morgan fingerprint density at radius 3 is 2.54 bits per heavy atom. The predicted molar refractivity (Wildman–Crippen MR) is 99.8 cm³/mol. The van der Waals surface area contributed by atoms with Crippen molar-refractivity contribution in [3.05, 3.63) is 69.3 Å². The highest BCUT2D eigenvalue weighted by atomic mass is 16.6. The molecule has 0 bridgehead atoms. The molecule has 0 amide bonds. The number of hydrogen-bond acceptors (Lipinski definition) is 4. The largest absolute Gasteiger partial charge is 0.493 e. The van der Waals surface area contributed by atoms with Gasteiger partial charge in [-0.2, -0.15) is 0 Å². The predicted octanol–water partition coefficient (Wildman–Crippen LogP) is 2.27. The number of nitro groups is 1. The van der Waals surface area contributed by atoms with Crippen LogP contribution in [-0.4, -0.2) is 32.2 Å². The first-order valence-electron chi connectivity index (χ1n) is 8.59. The number of rotatable bonds is 6. The van der Waals surface area contributed by atoms with Gasteiger partial charge in [-0.25, -0.2) is 0 Å². The van der Waals surface area contributed by atoms with E-state index in [2.05, 4.69) is 12.1 Å². The minimum Gasteiger partial charge on any atom is -0.493 e. The molecule has 2 aromatic carbocycles. The van der Waals surface area contributed by atoms with Crippen molar-refractivity contribution in [1.82, 2.24) is 0 Å². The fourth-order valence-electron chi connectivity index (χ4n) is 3.35. The van der Waals surface area contributed by atoms with Crippen molar-refractivity contribution in [2.24, 2.45) is 0 Å². The van der Waals surface area contributed by atoms with Crippen molar-refractivity contribution >= 4 is 11.8 Å². The van der Waals surface area contributed by atoms with Gasteiger partial charge >= 0.3 is 0 Å². The lowest BCUT2D eigenvalue weighted by molar-refractivity contribution is -0.910. The van der Waals surface area contributed by atoms with Crippen LogP contribution in [0, 0.1) is 10.1 Å². The average molecular weight is 355 g/mol. The Morgan fingerprint density at radius 1 is 1.15 bits per heavy atom. The molecule has 1 aliphatic heterocycles. The first-order chi connectivity index (χ1) is 12.6. The summed E-state index contributed by atoms with van der Waals surface area (Å²) in [6.45, 7) is 2.74. The van der Waals surface area contributed by atoms with E-state index in [1.807, 2.05) is 18.2 Å². The second-order valence-electron chi connectivity index (χ2n) is 6.33. The first-order valence-corrected chi connectivity index (χ1v) is 8.59. The summed E-state index contributed by atoms with van der Waals surface area (Å²) in [4.78, 5) is 12.2. The van der Waals surface area contributed by atoms with Gasteiger partial charge in [0.15, 0.2) is 11.5 Å². The molecule has 0 aliphatic carbocycles. The third-order valence-electron chi connectivity index (χ3n) is 4.73. The van der Waals surface area contributed by atoms with Crippen molar-refractivity contribution in [3.63, 3.8) is 0 Å². The van der Waals surface area contributed by atoms with E-state index < -0.39 is 0 Å². The maximum Gasteiger partial charge on any atom is 0.276 e. The molecule has 26 heavy (non-hydrogen) atoms. The average Bonchev–Trinajstić information content (AvgIpc) is 2.67. The highest BCUT2D eigenvalue weighted by Crippen LogP contribution is 2.31. The third kappa shape index (κ3) is 3.86. The minimum atomic E-state index is -0.344. The zero-order valence-electron chi connectivity index (χ0n) is 15.0. The maximum absolute atomic E-state index is 11.1. The van der Waals surface area contributed by atoms with Crippen LogP contribution in [0.4, 0.5) is 5.69 Å². The van der Waals surface area contributed by atoms with Gasteiger partial charge in [-0.15, -0.1) is 0 Å². The number of nitrogens with zero attached hydrogens (tertiary/aromatic N) is 1. The van der Waals surface area contributed by atoms with E-state index in [0.29, 0.717) is 5.56 Å². The second kappa shape index (κ2) is 8.01. The Kier molecular flexibility index (Phi) is 5.53. The molecule has 2 aromatic rings. The van der Waals surface area contributed by atoms with E-state index >= 15 is 0 Å². The SMILES string of the molecule is COc1cc2c(cc1OC)C[NH+](C/C=C/c1ccccc1[N+](=O)[O-])CC2. The molecule has 1 heterocycles. The molecule has 1 atom stereocenters. The van der Waals surface area contributed by atoms with Gasteiger partial charge in [0.2, 0.25) is 0 Å². The first kappa shape index (κ1) is 17.9. The van der Waals surface area contributed by atoms with Gasteiger partial charge in [0.1, 0.15) is 6.54 Å². The highest BCUT2D eigenvalue weighted by Gasteiger charge is 2.21. The summed E-state index contributed by atoms with van der Waals surface area (Å²) < 4.78 is 10.8. The fourth-order valence-corrected chi connectivity index (χ4v) is 3.35. The summed E-state index contributed by atoms with van der Waals surface area (Å²) in [5.74, 6) is 1.52. The Bertz CT molecular complexity index is 833. The van der Waals surface area contributed by atoms with E-state index in [4.69, 9.17) is 9.47 Å². The van der Waals surface area contributed by atoms with Gasteiger partial charge in [0.25, 0.3) is 5.69 Å². The highest BCUT2D eigenvalue weighted by molar-refractivity contribution is 5.60. The van der Waals surface area contributed by atoms with E-state index in [1.54, 1.807) is 26.4 Å². The molecular weight excluding hydrogens is 332 g/mol. The number of hydrogen-bond donors (Lipinski definition) is 1. The smallest absolute Gasteiger partial charge is 0.276 e. The summed E-state index contributed by atoms with van der Waals surface area (Å²) in [7, 11) is 3.30. The molecule has 6 heteroatoms. The molecule has 0 fully saturated rings. The van der Waals surface area contributed by atoms with Crippen LogP contribution in [-0.2, 0) is 13.0 Å². The van der Waals surface area contributed by atoms with Crippen LogP contribution in [0.1, 0.15) is 16.7 Å². The van der Waals surface area contributed by atoms with Crippen LogP contribution in [0.2, 0.25) is 0 Å². The number of nitro benzene ring substituents is 1. The van der Waals surface area contributed by atoms with Crippen molar-refractivity contribution in [1.29, 1.82) is 0 Å². The van der Waals surface area contributed by atoms with Gasteiger partial charge in [0, 0.05) is 18.1 Å². The molecule has 0 aromatic heterocycles. The topological polar surface area (TPSA) is 66.0 Å². The number of para-hydroxylation sites is 1. The van der Waals surface area contributed by atoms with Crippen molar-refractivity contribution in [2.45, 2.75) is 13.0 Å². The number of quaternary nitrogens is 1. The van der Waals surface area contributed by atoms with E-state index in [-0.39, 0.29) is 10.6 Å². The van der Waals surface area contributed by atoms with Gasteiger partial charge in [-0.05, 0) is 35.9 Å². The monoisotopic (exact) mass is 355 g/mol. The molecular formula is C20H23N2O4+. The zero-order chi connectivity index (χ0) is 18.5. The minimum absolute atomic E-state index is 0.138. The quantitative estimate of drug-likeness (QED) is 0.638. The van der Waals surface area contributed by atoms with Crippen LogP contribution in [0.5, 0.6) is 11.5 Å². The molecule has 3 rings (SSSR count). The van der Waals surface area contributed by atoms with Crippen molar-refractivity contribution in [3.8, 4) is 11.5 Å². The second-order valence-corrected chi connectivity index (χ2v) is 6.33. The molecule has 0 spiro atoms. The molecule has 0 saturated carbocycles. The fraction of sp³-hybridized carbons (Fsp3) is 0.300. The standard InChI is InChI=1S/C20H22N2O4/c1-25-19-12-16-9-11-21(14-17(16)13-20(19)26-2)10-5-7-15-6-3-4-8-18(15)22(23)24/h3-8,12-13H,9-11,14H2,1-2H3/p+1/b7-5+. The van der Waals surface area contributed by atoms with Gasteiger partial charge in [-0.3, -0.25) is 10.1 Å². The van der Waals surface area contributed by atoms with Crippen molar-refractivity contribution < 1.29 is 19.3 Å². The van der Waals surface area contributed by atoms with E-state index in [9.17, 15) is 10.1 Å². The maximum atomic E-state index is 11.1. The van der Waals surface area contributed by atoms with Gasteiger partial charge in [-0.1, -0.05) is 12.1 Å². The third-order valence-corrected chi connectivity index (χ3v) is 4.73. The molecule has 0 radical (unpaired) electrons. The summed E-state index contributed by atoms with van der Waals surface area (Å²) in [5.41, 5.74) is 3.34. The van der Waals surface area contributed by atoms with E-state index in [1.165, 1.54) is 22.1 Å². The van der Waals surface area contributed by atoms with E-state index in [0.717, 1.165) is 37.6 Å². The lowest BCUT2D eigenvalue weighted by Crippen LogP contribution is -3.11. The van der Waals surface area contributed by atoms with Crippen LogP contribution in [0.25, 0.3) is 6.08 Å². The molecule has 6 nitrogen and oxygen atoms in total. The lowest BCUT2D eigenvalue weighted by atomic mass is 9.99. The summed E-state index contributed by atoms with van der Waals surface area (Å²) in [5, 5.41) is 11.1. The van der Waals surface area contributed by atoms with Crippen LogP contribution in [0.3, 0.4) is 0 Å². The summed E-state index contributed by atoms with van der Waals surface area (Å²) in [6, 6.07) is 10.9. The summed E-state index contributed by atoms with van der Waals surface area (Å²) >= 11 is 0. The number of ether oxygens (including phenoxy) is 2. The van der Waals surface area contributed by atoms with Crippen LogP contribution < -0.4 is 14.4 Å². The zero-order valence-corrected chi connectivity index (χ0v) is 15.0. The Balaban J connectivity index is 1.69. The van der Waals surface area contributed by atoms with Gasteiger partial charge in [0.05, 0.1) is 37.8 Å². The number of nitrogens with one attached hydrogen (secondary N) is 1. The van der Waals surface area contributed by atoms with Gasteiger partial charge < -0.3 is 14.4 Å². The van der Waals surface area contributed by atoms with Crippen LogP contribution >= 0.6 is 0 Å². The molecule has 1 N–H and O–H groups in total. The Hall–Kier alpha value is -2.86. The normalized spacial score (nSPS) is 16.3. The Labute approximate surface area is 152 Å².